The second kappa shape index (κ2) is 3.91. The fraction of sp³-hybridized carbons (Fsp3) is 0.0714. The Bertz CT molecular complexity index is 753. The van der Waals surface area contributed by atoms with Crippen LogP contribution < -0.4 is 5.73 Å². The van der Waals surface area contributed by atoms with Crippen molar-refractivity contribution in [2.45, 2.75) is 0 Å². The maximum atomic E-state index is 10.1. The van der Waals surface area contributed by atoms with Crippen LogP contribution >= 0.6 is 0 Å². The van der Waals surface area contributed by atoms with Gasteiger partial charge in [-0.05, 0) is 29.0 Å². The third-order valence-corrected chi connectivity index (χ3v) is 3.16. The quantitative estimate of drug-likeness (QED) is 0.622. The average Bonchev–Trinajstić information content (AvgIpc) is 2.68. The van der Waals surface area contributed by atoms with E-state index in [9.17, 15) is 10.2 Å². The van der Waals surface area contributed by atoms with E-state index in [1.165, 1.54) is 4.68 Å². The molecular formula is C14H13N3O2. The van der Waals surface area contributed by atoms with Crippen LogP contribution in [0.15, 0.2) is 36.4 Å². The summed E-state index contributed by atoms with van der Waals surface area (Å²) in [5.74, 6) is 0.756. The second-order valence-corrected chi connectivity index (χ2v) is 4.44. The number of nitrogens with zero attached hydrogens (tertiary/aromatic N) is 2. The van der Waals surface area contributed by atoms with Crippen LogP contribution in [-0.2, 0) is 7.05 Å². The summed E-state index contributed by atoms with van der Waals surface area (Å²) in [5, 5.41) is 25.6. The number of rotatable bonds is 1. The van der Waals surface area contributed by atoms with Gasteiger partial charge in [-0.1, -0.05) is 12.1 Å². The number of nitrogens with two attached hydrogens (primary N) is 1. The first kappa shape index (κ1) is 11.4. The lowest BCUT2D eigenvalue weighted by molar-refractivity contribution is 0.475. The van der Waals surface area contributed by atoms with Crippen molar-refractivity contribution < 1.29 is 10.2 Å². The van der Waals surface area contributed by atoms with Crippen LogP contribution in [0.2, 0.25) is 0 Å². The number of aryl methyl sites for hydroxylation is 1. The number of hydrogen-bond donors (Lipinski definition) is 3. The number of anilines is 1. The van der Waals surface area contributed by atoms with Crippen LogP contribution in [0.25, 0.3) is 22.0 Å². The highest BCUT2D eigenvalue weighted by Gasteiger charge is 2.14. The highest BCUT2D eigenvalue weighted by molar-refractivity contribution is 5.99. The number of phenols is 2. The standard InChI is InChI=1S/C14H13N3O2/c1-17-13(15)7-11(16-17)14-10-6-9(18)4-2-8(10)3-5-12(14)19/h2-7,18-19H,15H2,1H3. The third-order valence-electron chi connectivity index (χ3n) is 3.16. The van der Waals surface area contributed by atoms with E-state index in [1.54, 1.807) is 43.4 Å². The molecule has 0 amide bonds. The molecule has 1 heterocycles. The number of aromatic nitrogens is 2. The molecular weight excluding hydrogens is 242 g/mol. The molecule has 96 valence electrons. The van der Waals surface area contributed by atoms with Crippen molar-refractivity contribution in [3.8, 4) is 22.8 Å². The Morgan fingerprint density at radius 1 is 1.11 bits per heavy atom. The van der Waals surface area contributed by atoms with Crippen molar-refractivity contribution in [1.29, 1.82) is 0 Å². The molecule has 1 aromatic heterocycles. The predicted octanol–water partition coefficient (Wildman–Crippen LogP) is 2.23. The lowest BCUT2D eigenvalue weighted by Crippen LogP contribution is -1.96. The van der Waals surface area contributed by atoms with Gasteiger partial charge in [0.1, 0.15) is 17.3 Å². The molecule has 19 heavy (non-hydrogen) atoms. The molecule has 2 aromatic carbocycles. The van der Waals surface area contributed by atoms with Crippen LogP contribution in [0.3, 0.4) is 0 Å². The van der Waals surface area contributed by atoms with Gasteiger partial charge in [-0.2, -0.15) is 5.10 Å². The molecule has 0 unspecified atom stereocenters. The van der Waals surface area contributed by atoms with Crippen LogP contribution in [0.5, 0.6) is 11.5 Å². The fourth-order valence-electron chi connectivity index (χ4n) is 2.17. The summed E-state index contributed by atoms with van der Waals surface area (Å²) in [4.78, 5) is 0. The van der Waals surface area contributed by atoms with E-state index in [0.717, 1.165) is 10.8 Å². The highest BCUT2D eigenvalue weighted by atomic mass is 16.3. The maximum Gasteiger partial charge on any atom is 0.125 e. The molecule has 0 spiro atoms. The largest absolute Gasteiger partial charge is 0.508 e. The van der Waals surface area contributed by atoms with E-state index < -0.39 is 0 Å². The zero-order chi connectivity index (χ0) is 13.6. The number of phenolic OH excluding ortho intramolecular Hbond substituents is 2. The first-order chi connectivity index (χ1) is 9.06. The van der Waals surface area contributed by atoms with Crippen molar-refractivity contribution in [2.24, 2.45) is 7.05 Å². The van der Waals surface area contributed by atoms with Crippen LogP contribution in [0.4, 0.5) is 5.82 Å². The molecule has 3 aromatic rings. The van der Waals surface area contributed by atoms with Crippen molar-refractivity contribution >= 4 is 16.6 Å². The molecule has 0 fully saturated rings. The lowest BCUT2D eigenvalue weighted by atomic mass is 10.0. The molecule has 0 atom stereocenters. The molecule has 0 saturated heterocycles. The van der Waals surface area contributed by atoms with Gasteiger partial charge in [0, 0.05) is 13.1 Å². The Morgan fingerprint density at radius 3 is 2.53 bits per heavy atom. The number of benzene rings is 2. The zero-order valence-corrected chi connectivity index (χ0v) is 10.3. The smallest absolute Gasteiger partial charge is 0.125 e. The molecule has 0 bridgehead atoms. The van der Waals surface area contributed by atoms with Gasteiger partial charge in [0.15, 0.2) is 0 Å². The zero-order valence-electron chi connectivity index (χ0n) is 10.3. The molecule has 0 aliphatic heterocycles. The molecule has 0 radical (unpaired) electrons. The van der Waals surface area contributed by atoms with Gasteiger partial charge in [-0.25, -0.2) is 0 Å². The first-order valence-corrected chi connectivity index (χ1v) is 5.81. The van der Waals surface area contributed by atoms with Gasteiger partial charge in [-0.3, -0.25) is 4.68 Å². The summed E-state index contributed by atoms with van der Waals surface area (Å²) < 4.78 is 1.54. The fourth-order valence-corrected chi connectivity index (χ4v) is 2.17. The topological polar surface area (TPSA) is 84.3 Å². The maximum absolute atomic E-state index is 10.1. The van der Waals surface area contributed by atoms with Crippen molar-refractivity contribution in [1.82, 2.24) is 9.78 Å². The Morgan fingerprint density at radius 2 is 1.84 bits per heavy atom. The Labute approximate surface area is 109 Å². The third kappa shape index (κ3) is 1.76. The van der Waals surface area contributed by atoms with Gasteiger partial charge >= 0.3 is 0 Å². The number of aromatic hydroxyl groups is 2. The van der Waals surface area contributed by atoms with E-state index in [-0.39, 0.29) is 11.5 Å². The SMILES string of the molecule is Cn1nc(-c2c(O)ccc3ccc(O)cc23)cc1N. The van der Waals surface area contributed by atoms with E-state index in [4.69, 9.17) is 5.73 Å². The molecule has 0 saturated carbocycles. The minimum absolute atomic E-state index is 0.108. The lowest BCUT2D eigenvalue weighted by Gasteiger charge is -2.07. The van der Waals surface area contributed by atoms with Gasteiger partial charge in [0.05, 0.1) is 11.3 Å². The van der Waals surface area contributed by atoms with E-state index in [0.29, 0.717) is 17.1 Å². The number of fused-ring (bicyclic) bond motifs is 1. The van der Waals surface area contributed by atoms with Crippen LogP contribution in [0, 0.1) is 0 Å². The van der Waals surface area contributed by atoms with Gasteiger partial charge in [0.25, 0.3) is 0 Å². The van der Waals surface area contributed by atoms with E-state index in [1.807, 2.05) is 0 Å². The van der Waals surface area contributed by atoms with Crippen molar-refractivity contribution in [2.75, 3.05) is 5.73 Å². The molecule has 3 rings (SSSR count). The Balaban J connectivity index is 2.38. The first-order valence-electron chi connectivity index (χ1n) is 5.81. The molecule has 0 aliphatic carbocycles. The molecule has 5 nitrogen and oxygen atoms in total. The van der Waals surface area contributed by atoms with Gasteiger partial charge in [-0.15, -0.1) is 0 Å². The van der Waals surface area contributed by atoms with Crippen molar-refractivity contribution in [3.05, 3.63) is 36.4 Å². The molecule has 5 heteroatoms. The minimum Gasteiger partial charge on any atom is -0.508 e. The van der Waals surface area contributed by atoms with Gasteiger partial charge in [0.2, 0.25) is 0 Å². The van der Waals surface area contributed by atoms with E-state index in [2.05, 4.69) is 5.10 Å². The summed E-state index contributed by atoms with van der Waals surface area (Å²) in [6.07, 6.45) is 0. The molecule has 4 N–H and O–H groups in total. The predicted molar refractivity (Wildman–Crippen MR) is 73.9 cm³/mol. The Hall–Kier alpha value is -2.69. The van der Waals surface area contributed by atoms with Crippen LogP contribution in [0.1, 0.15) is 0 Å². The van der Waals surface area contributed by atoms with Crippen molar-refractivity contribution in [3.63, 3.8) is 0 Å². The van der Waals surface area contributed by atoms with E-state index >= 15 is 0 Å². The second-order valence-electron chi connectivity index (χ2n) is 4.44. The minimum atomic E-state index is 0.108. The summed E-state index contributed by atoms with van der Waals surface area (Å²) in [6, 6.07) is 10.1. The number of hydrogen-bond acceptors (Lipinski definition) is 4. The summed E-state index contributed by atoms with van der Waals surface area (Å²) in [7, 11) is 1.73. The Kier molecular flexibility index (Phi) is 2.35. The monoisotopic (exact) mass is 255 g/mol. The molecule has 0 aliphatic rings. The average molecular weight is 255 g/mol. The number of nitrogen functional groups attached to an aromatic ring is 1. The summed E-state index contributed by atoms with van der Waals surface area (Å²) in [6.45, 7) is 0. The highest BCUT2D eigenvalue weighted by Crippen LogP contribution is 2.37. The van der Waals surface area contributed by atoms with Gasteiger partial charge < -0.3 is 15.9 Å². The summed E-state index contributed by atoms with van der Waals surface area (Å²) >= 11 is 0. The van der Waals surface area contributed by atoms with Crippen LogP contribution in [-0.4, -0.2) is 20.0 Å². The summed E-state index contributed by atoms with van der Waals surface area (Å²) in [5.41, 5.74) is 6.92. The normalized spacial score (nSPS) is 11.0.